The number of aromatic nitrogens is 1. The highest BCUT2D eigenvalue weighted by Gasteiger charge is 2.25. The van der Waals surface area contributed by atoms with E-state index < -0.39 is 0 Å². The molecule has 0 bridgehead atoms. The number of nitrogens with one attached hydrogen (secondary N) is 1. The Kier molecular flexibility index (Phi) is 9.75. The molecule has 4 rings (SSSR count). The molecular weight excluding hydrogens is 458 g/mol. The van der Waals surface area contributed by atoms with Crippen molar-refractivity contribution in [3.05, 3.63) is 69.5 Å². The predicted octanol–water partition coefficient (Wildman–Crippen LogP) is 6.36. The predicted molar refractivity (Wildman–Crippen MR) is 142 cm³/mol. The minimum atomic E-state index is -0.279. The van der Waals surface area contributed by atoms with Crippen LogP contribution in [0.5, 0.6) is 0 Å². The van der Waals surface area contributed by atoms with Gasteiger partial charge in [0.25, 0.3) is 0 Å². The number of benzene rings is 1. The first kappa shape index (κ1) is 25.9. The first-order valence-electron chi connectivity index (χ1n) is 13.3. The summed E-state index contributed by atoms with van der Waals surface area (Å²) in [7, 11) is 0. The second-order valence-corrected chi connectivity index (χ2v) is 10.3. The number of likely N-dealkylation sites (tertiary alicyclic amines) is 1. The monoisotopic (exact) mass is 495 g/mol. The number of hydrogen-bond donors (Lipinski definition) is 2. The molecule has 1 aliphatic heterocycles. The van der Waals surface area contributed by atoms with E-state index >= 15 is 0 Å². The van der Waals surface area contributed by atoms with Gasteiger partial charge in [-0.2, -0.15) is 0 Å². The summed E-state index contributed by atoms with van der Waals surface area (Å²) in [5.74, 6) is -0.279. The molecule has 6 heteroatoms. The van der Waals surface area contributed by atoms with Gasteiger partial charge in [0, 0.05) is 36.3 Å². The Hall–Kier alpha value is -2.21. The van der Waals surface area contributed by atoms with Crippen molar-refractivity contribution in [1.29, 1.82) is 0 Å². The summed E-state index contributed by atoms with van der Waals surface area (Å²) >= 11 is 6.35. The number of aryl methyl sites for hydroxylation is 2. The maximum absolute atomic E-state index is 11.0. The van der Waals surface area contributed by atoms with Crippen LogP contribution in [0, 0.1) is 0 Å². The molecule has 0 atom stereocenters. The average molecular weight is 496 g/mol. The summed E-state index contributed by atoms with van der Waals surface area (Å²) in [6.45, 7) is 3.42. The summed E-state index contributed by atoms with van der Waals surface area (Å²) in [4.78, 5) is 18.5. The molecule has 2 heterocycles. The second-order valence-electron chi connectivity index (χ2n) is 9.89. The lowest BCUT2D eigenvalue weighted by Gasteiger charge is -2.30. The highest BCUT2D eigenvalue weighted by atomic mass is 35.5. The van der Waals surface area contributed by atoms with Gasteiger partial charge in [0.05, 0.1) is 5.69 Å². The lowest BCUT2D eigenvalue weighted by Crippen LogP contribution is -2.32. The van der Waals surface area contributed by atoms with E-state index in [4.69, 9.17) is 21.8 Å². The first-order valence-corrected chi connectivity index (χ1v) is 13.6. The molecule has 1 aromatic heterocycles. The quantitative estimate of drug-likeness (QED) is 0.229. The van der Waals surface area contributed by atoms with Gasteiger partial charge in [-0.3, -0.25) is 15.0 Å². The van der Waals surface area contributed by atoms with Crippen molar-refractivity contribution in [2.75, 3.05) is 19.6 Å². The Bertz CT molecular complexity index is 1030. The molecule has 2 N–H and O–H groups in total. The summed E-state index contributed by atoms with van der Waals surface area (Å²) in [5.41, 5.74) is 9.79. The molecule has 1 saturated heterocycles. The zero-order chi connectivity index (χ0) is 24.5. The molecule has 2 aliphatic rings. The van der Waals surface area contributed by atoms with Gasteiger partial charge in [-0.25, -0.2) is 5.48 Å². The molecule has 1 amide bonds. The Morgan fingerprint density at radius 1 is 0.943 bits per heavy atom. The molecule has 0 saturated carbocycles. The molecule has 0 radical (unpaired) electrons. The van der Waals surface area contributed by atoms with Gasteiger partial charge in [-0.1, -0.05) is 61.4 Å². The summed E-state index contributed by atoms with van der Waals surface area (Å²) in [5, 5.41) is 9.32. The maximum Gasteiger partial charge on any atom is 0.243 e. The topological polar surface area (TPSA) is 65.5 Å². The molecule has 1 fully saturated rings. The SMILES string of the molecule is O=C(CCCCCCCCCN1CCC(=C2c3ccc(Cl)cc3CCc3cccnc32)CC1)NO. The van der Waals surface area contributed by atoms with Crippen LogP contribution in [0.1, 0.15) is 86.6 Å². The van der Waals surface area contributed by atoms with Crippen molar-refractivity contribution < 1.29 is 10.0 Å². The standard InChI is InChI=1S/C29H38ClN3O2/c30-25-13-14-26-24(21-25)12-11-23-9-8-17-31-29(23)28(26)22-15-19-33(20-16-22)18-7-5-3-1-2-4-6-10-27(34)32-35/h8-9,13-14,17,21,35H,1-7,10-12,15-16,18-20H2,(H,32,34). The Balaban J connectivity index is 1.27. The number of halogens is 1. The fourth-order valence-corrected chi connectivity index (χ4v) is 5.69. The van der Waals surface area contributed by atoms with E-state index in [1.165, 1.54) is 66.6 Å². The molecule has 0 unspecified atom stereocenters. The van der Waals surface area contributed by atoms with Gasteiger partial charge in [0.15, 0.2) is 0 Å². The van der Waals surface area contributed by atoms with Gasteiger partial charge in [0.2, 0.25) is 5.91 Å². The van der Waals surface area contributed by atoms with E-state index in [0.29, 0.717) is 6.42 Å². The molecule has 5 nitrogen and oxygen atoms in total. The van der Waals surface area contributed by atoms with Gasteiger partial charge in [0.1, 0.15) is 0 Å². The van der Waals surface area contributed by atoms with Gasteiger partial charge < -0.3 is 4.90 Å². The first-order chi connectivity index (χ1) is 17.2. The number of hydrogen-bond acceptors (Lipinski definition) is 4. The van der Waals surface area contributed by atoms with Crippen molar-refractivity contribution in [2.45, 2.75) is 77.0 Å². The van der Waals surface area contributed by atoms with E-state index in [-0.39, 0.29) is 5.91 Å². The molecule has 35 heavy (non-hydrogen) atoms. The number of nitrogens with zero attached hydrogens (tertiary/aromatic N) is 2. The van der Waals surface area contributed by atoms with Crippen LogP contribution in [-0.2, 0) is 17.6 Å². The fraction of sp³-hybridized carbons (Fsp3) is 0.517. The normalized spacial score (nSPS) is 15.9. The largest absolute Gasteiger partial charge is 0.303 e. The second kappa shape index (κ2) is 13.2. The number of amides is 1. The van der Waals surface area contributed by atoms with Crippen LogP contribution in [0.25, 0.3) is 5.57 Å². The van der Waals surface area contributed by atoms with Gasteiger partial charge >= 0.3 is 0 Å². The number of unbranched alkanes of at least 4 members (excludes halogenated alkanes) is 6. The van der Waals surface area contributed by atoms with Gasteiger partial charge in [-0.15, -0.1) is 0 Å². The molecule has 188 valence electrons. The molecular formula is C29H38ClN3O2. The number of hydroxylamine groups is 1. The molecule has 0 spiro atoms. The van der Waals surface area contributed by atoms with Crippen LogP contribution in [0.3, 0.4) is 0 Å². The average Bonchev–Trinajstić information content (AvgIpc) is 3.04. The number of rotatable bonds is 10. The maximum atomic E-state index is 11.0. The number of piperidine rings is 1. The summed E-state index contributed by atoms with van der Waals surface area (Å²) < 4.78 is 0. The van der Waals surface area contributed by atoms with Gasteiger partial charge in [-0.05, 0) is 80.0 Å². The van der Waals surface area contributed by atoms with Crippen LogP contribution in [0.15, 0.2) is 42.1 Å². The zero-order valence-electron chi connectivity index (χ0n) is 20.7. The van der Waals surface area contributed by atoms with Crippen molar-refractivity contribution in [3.8, 4) is 0 Å². The summed E-state index contributed by atoms with van der Waals surface area (Å²) in [6.07, 6.45) is 14.7. The van der Waals surface area contributed by atoms with E-state index in [1.54, 1.807) is 11.1 Å². The number of fused-ring (bicyclic) bond motifs is 2. The molecule has 2 aromatic rings. The fourth-order valence-electron chi connectivity index (χ4n) is 5.49. The Morgan fingerprint density at radius 2 is 1.66 bits per heavy atom. The third-order valence-corrected chi connectivity index (χ3v) is 7.68. The highest BCUT2D eigenvalue weighted by Crippen LogP contribution is 2.38. The lowest BCUT2D eigenvalue weighted by atomic mass is 9.88. The van der Waals surface area contributed by atoms with E-state index in [2.05, 4.69) is 29.2 Å². The van der Waals surface area contributed by atoms with Crippen molar-refractivity contribution in [2.24, 2.45) is 0 Å². The minimum Gasteiger partial charge on any atom is -0.303 e. The van der Waals surface area contributed by atoms with Crippen LogP contribution in [-0.4, -0.2) is 40.6 Å². The van der Waals surface area contributed by atoms with E-state index in [0.717, 1.165) is 56.6 Å². The number of carbonyl (C=O) groups excluding carboxylic acids is 1. The third kappa shape index (κ3) is 7.16. The van der Waals surface area contributed by atoms with Crippen molar-refractivity contribution >= 4 is 23.1 Å². The van der Waals surface area contributed by atoms with E-state index in [9.17, 15) is 4.79 Å². The van der Waals surface area contributed by atoms with Crippen molar-refractivity contribution in [1.82, 2.24) is 15.4 Å². The minimum absolute atomic E-state index is 0.279. The van der Waals surface area contributed by atoms with E-state index in [1.807, 2.05) is 12.3 Å². The number of carbonyl (C=O) groups is 1. The Labute approximate surface area is 214 Å². The number of pyridine rings is 1. The van der Waals surface area contributed by atoms with Crippen LogP contribution in [0.2, 0.25) is 5.02 Å². The van der Waals surface area contributed by atoms with Crippen LogP contribution < -0.4 is 5.48 Å². The molecule has 1 aliphatic carbocycles. The summed E-state index contributed by atoms with van der Waals surface area (Å²) in [6, 6.07) is 10.7. The molecule has 1 aromatic carbocycles. The Morgan fingerprint density at radius 3 is 2.43 bits per heavy atom. The third-order valence-electron chi connectivity index (χ3n) is 7.44. The van der Waals surface area contributed by atoms with Crippen molar-refractivity contribution in [3.63, 3.8) is 0 Å². The van der Waals surface area contributed by atoms with Crippen LogP contribution in [0.4, 0.5) is 0 Å². The van der Waals surface area contributed by atoms with Crippen LogP contribution >= 0.6 is 11.6 Å². The smallest absolute Gasteiger partial charge is 0.243 e. The lowest BCUT2D eigenvalue weighted by molar-refractivity contribution is -0.129. The highest BCUT2D eigenvalue weighted by molar-refractivity contribution is 6.30. The zero-order valence-corrected chi connectivity index (χ0v) is 21.5.